The SMILES string of the molecule is CC(C)[C@H](N)C(=O)N(C)CC(C)(C)S(C)(=O)=O. The van der Waals surface area contributed by atoms with Crippen molar-refractivity contribution in [1.82, 2.24) is 4.90 Å². The van der Waals surface area contributed by atoms with Gasteiger partial charge in [-0.15, -0.1) is 0 Å². The fraction of sp³-hybridized carbons (Fsp3) is 0.909. The summed E-state index contributed by atoms with van der Waals surface area (Å²) >= 11 is 0. The van der Waals surface area contributed by atoms with Gasteiger partial charge in [-0.25, -0.2) is 8.42 Å². The van der Waals surface area contributed by atoms with Crippen LogP contribution in [0.15, 0.2) is 0 Å². The van der Waals surface area contributed by atoms with Gasteiger partial charge in [0, 0.05) is 19.8 Å². The molecule has 0 saturated carbocycles. The summed E-state index contributed by atoms with van der Waals surface area (Å²) in [7, 11) is -1.63. The molecule has 0 aliphatic heterocycles. The molecule has 0 bridgehead atoms. The number of carbonyl (C=O) groups is 1. The average molecular weight is 264 g/mol. The van der Waals surface area contributed by atoms with Gasteiger partial charge in [0.25, 0.3) is 0 Å². The van der Waals surface area contributed by atoms with E-state index in [0.717, 1.165) is 0 Å². The molecule has 1 amide bonds. The molecule has 0 radical (unpaired) electrons. The lowest BCUT2D eigenvalue weighted by molar-refractivity contribution is -0.132. The first-order chi connectivity index (χ1) is 7.40. The van der Waals surface area contributed by atoms with Crippen LogP contribution in [-0.2, 0) is 14.6 Å². The summed E-state index contributed by atoms with van der Waals surface area (Å²) < 4.78 is 22.1. The Morgan fingerprint density at radius 3 is 2.06 bits per heavy atom. The molecule has 17 heavy (non-hydrogen) atoms. The number of nitrogens with two attached hydrogens (primary N) is 1. The van der Waals surface area contributed by atoms with Gasteiger partial charge in [-0.1, -0.05) is 13.8 Å². The monoisotopic (exact) mass is 264 g/mol. The van der Waals surface area contributed by atoms with Crippen LogP contribution in [0.1, 0.15) is 27.7 Å². The van der Waals surface area contributed by atoms with Crippen molar-refractivity contribution in [2.45, 2.75) is 38.5 Å². The normalized spacial score (nSPS) is 14.8. The summed E-state index contributed by atoms with van der Waals surface area (Å²) in [6, 6.07) is -0.588. The zero-order chi connectivity index (χ0) is 14.0. The van der Waals surface area contributed by atoms with Crippen molar-refractivity contribution in [3.8, 4) is 0 Å². The summed E-state index contributed by atoms with van der Waals surface area (Å²) in [5, 5.41) is 0. The van der Waals surface area contributed by atoms with Crippen molar-refractivity contribution in [1.29, 1.82) is 0 Å². The zero-order valence-electron chi connectivity index (χ0n) is 11.5. The van der Waals surface area contributed by atoms with Gasteiger partial charge >= 0.3 is 0 Å². The van der Waals surface area contributed by atoms with E-state index in [9.17, 15) is 13.2 Å². The van der Waals surface area contributed by atoms with Crippen LogP contribution in [0.5, 0.6) is 0 Å². The van der Waals surface area contributed by atoms with Crippen LogP contribution in [0.3, 0.4) is 0 Å². The Kier molecular flexibility index (Phi) is 5.16. The Bertz CT molecular complexity index is 374. The molecule has 0 aromatic heterocycles. The van der Waals surface area contributed by atoms with Crippen molar-refractivity contribution in [3.05, 3.63) is 0 Å². The molecule has 0 unspecified atom stereocenters. The van der Waals surface area contributed by atoms with Gasteiger partial charge in [-0.05, 0) is 19.8 Å². The third kappa shape index (κ3) is 4.27. The lowest BCUT2D eigenvalue weighted by Gasteiger charge is -2.31. The molecule has 0 aromatic rings. The average Bonchev–Trinajstić information content (AvgIpc) is 2.12. The second-order valence-electron chi connectivity index (χ2n) is 5.50. The molecular weight excluding hydrogens is 240 g/mol. The molecule has 0 spiro atoms. The maximum absolute atomic E-state index is 11.9. The maximum Gasteiger partial charge on any atom is 0.239 e. The molecule has 0 aliphatic rings. The van der Waals surface area contributed by atoms with Crippen LogP contribution in [0, 0.1) is 5.92 Å². The van der Waals surface area contributed by atoms with Gasteiger partial charge < -0.3 is 10.6 Å². The Morgan fingerprint density at radius 2 is 1.76 bits per heavy atom. The summed E-state index contributed by atoms with van der Waals surface area (Å²) in [6.07, 6.45) is 1.17. The summed E-state index contributed by atoms with van der Waals surface area (Å²) in [6.45, 7) is 7.07. The van der Waals surface area contributed by atoms with E-state index in [1.807, 2.05) is 13.8 Å². The molecule has 0 heterocycles. The molecule has 0 aromatic carbocycles. The molecule has 1 atom stereocenters. The Labute approximate surface area is 104 Å². The molecule has 6 heteroatoms. The topological polar surface area (TPSA) is 80.5 Å². The second kappa shape index (κ2) is 5.35. The number of nitrogens with zero attached hydrogens (tertiary/aromatic N) is 1. The zero-order valence-corrected chi connectivity index (χ0v) is 12.3. The Morgan fingerprint density at radius 1 is 1.35 bits per heavy atom. The fourth-order valence-corrected chi connectivity index (χ4v) is 1.73. The van der Waals surface area contributed by atoms with Crippen LogP contribution in [0.25, 0.3) is 0 Å². The number of likely N-dealkylation sites (N-methyl/N-ethyl adjacent to an activating group) is 1. The Hall–Kier alpha value is -0.620. The first-order valence-electron chi connectivity index (χ1n) is 5.60. The van der Waals surface area contributed by atoms with Crippen LogP contribution < -0.4 is 5.73 Å². The van der Waals surface area contributed by atoms with Gasteiger partial charge in [0.2, 0.25) is 5.91 Å². The fourth-order valence-electron chi connectivity index (χ4n) is 1.31. The molecule has 102 valence electrons. The molecular formula is C11H24N2O3S. The van der Waals surface area contributed by atoms with Crippen LogP contribution in [-0.4, -0.2) is 49.9 Å². The second-order valence-corrected chi connectivity index (χ2v) is 8.15. The van der Waals surface area contributed by atoms with Crippen LogP contribution in [0.4, 0.5) is 0 Å². The number of hydrogen-bond donors (Lipinski definition) is 1. The third-order valence-electron chi connectivity index (χ3n) is 3.00. The van der Waals surface area contributed by atoms with Crippen molar-refractivity contribution in [2.24, 2.45) is 11.7 Å². The van der Waals surface area contributed by atoms with Crippen molar-refractivity contribution in [3.63, 3.8) is 0 Å². The standard InChI is InChI=1S/C11H24N2O3S/c1-8(2)9(12)10(14)13(5)7-11(3,4)17(6,15)16/h8-9H,7,12H2,1-6H3/t9-/m0/s1. The minimum Gasteiger partial charge on any atom is -0.343 e. The lowest BCUT2D eigenvalue weighted by atomic mass is 10.0. The predicted octanol–water partition coefficient (Wildman–Crippen LogP) is 0.251. The largest absolute Gasteiger partial charge is 0.343 e. The van der Waals surface area contributed by atoms with Gasteiger partial charge in [0.1, 0.15) is 0 Å². The van der Waals surface area contributed by atoms with E-state index in [0.29, 0.717) is 0 Å². The van der Waals surface area contributed by atoms with E-state index >= 15 is 0 Å². The number of hydrogen-bond acceptors (Lipinski definition) is 4. The van der Waals surface area contributed by atoms with E-state index in [1.165, 1.54) is 11.2 Å². The number of sulfone groups is 1. The highest BCUT2D eigenvalue weighted by atomic mass is 32.2. The highest BCUT2D eigenvalue weighted by Gasteiger charge is 2.34. The van der Waals surface area contributed by atoms with Crippen molar-refractivity contribution in [2.75, 3.05) is 19.8 Å². The molecule has 2 N–H and O–H groups in total. The van der Waals surface area contributed by atoms with E-state index in [4.69, 9.17) is 5.73 Å². The summed E-state index contributed by atoms with van der Waals surface area (Å²) in [4.78, 5) is 13.3. The minimum atomic E-state index is -3.21. The maximum atomic E-state index is 11.9. The highest BCUT2D eigenvalue weighted by molar-refractivity contribution is 7.92. The van der Waals surface area contributed by atoms with Gasteiger partial charge in [-0.3, -0.25) is 4.79 Å². The summed E-state index contributed by atoms with van der Waals surface area (Å²) in [5.74, 6) is -0.192. The number of amides is 1. The number of carbonyl (C=O) groups excluding carboxylic acids is 1. The van der Waals surface area contributed by atoms with Gasteiger partial charge in [0.05, 0.1) is 10.8 Å². The quantitative estimate of drug-likeness (QED) is 0.772. The first kappa shape index (κ1) is 16.4. The van der Waals surface area contributed by atoms with E-state index in [-0.39, 0.29) is 18.4 Å². The molecule has 0 fully saturated rings. The Balaban J connectivity index is 4.78. The van der Waals surface area contributed by atoms with Crippen LogP contribution in [0.2, 0.25) is 0 Å². The van der Waals surface area contributed by atoms with Crippen molar-refractivity contribution >= 4 is 15.7 Å². The first-order valence-corrected chi connectivity index (χ1v) is 7.49. The van der Waals surface area contributed by atoms with Gasteiger partial charge in [-0.2, -0.15) is 0 Å². The van der Waals surface area contributed by atoms with Crippen LogP contribution >= 0.6 is 0 Å². The summed E-state index contributed by atoms with van der Waals surface area (Å²) in [5.41, 5.74) is 5.75. The minimum absolute atomic E-state index is 0.0336. The van der Waals surface area contributed by atoms with Crippen molar-refractivity contribution < 1.29 is 13.2 Å². The lowest BCUT2D eigenvalue weighted by Crippen LogP contribution is -2.50. The molecule has 0 aliphatic carbocycles. The molecule has 0 rings (SSSR count). The van der Waals surface area contributed by atoms with E-state index < -0.39 is 20.6 Å². The third-order valence-corrected chi connectivity index (χ3v) is 5.14. The smallest absolute Gasteiger partial charge is 0.239 e. The predicted molar refractivity (Wildman–Crippen MR) is 69.4 cm³/mol. The van der Waals surface area contributed by atoms with Gasteiger partial charge in [0.15, 0.2) is 9.84 Å². The molecule has 5 nitrogen and oxygen atoms in total. The number of rotatable bonds is 5. The van der Waals surface area contributed by atoms with E-state index in [2.05, 4.69) is 0 Å². The highest BCUT2D eigenvalue weighted by Crippen LogP contribution is 2.17. The van der Waals surface area contributed by atoms with E-state index in [1.54, 1.807) is 20.9 Å². The molecule has 0 saturated heterocycles.